The van der Waals surface area contributed by atoms with E-state index in [1.165, 1.54) is 6.20 Å². The molecular formula is C6H9N3O. The van der Waals surface area contributed by atoms with E-state index in [4.69, 9.17) is 0 Å². The number of nitrogens with zero attached hydrogens (tertiary/aromatic N) is 3. The summed E-state index contributed by atoms with van der Waals surface area (Å²) in [6, 6.07) is 0.246. The van der Waals surface area contributed by atoms with E-state index < -0.39 is 0 Å². The van der Waals surface area contributed by atoms with Crippen LogP contribution in [0.25, 0.3) is 0 Å². The van der Waals surface area contributed by atoms with Gasteiger partial charge in [-0.05, 0) is 19.0 Å². The average molecular weight is 139 g/mol. The largest absolute Gasteiger partial charge is 0.310 e. The fourth-order valence-corrected chi connectivity index (χ4v) is 0.766. The van der Waals surface area contributed by atoms with Gasteiger partial charge < -0.3 is 4.57 Å². The van der Waals surface area contributed by atoms with Crippen LogP contribution in [-0.4, -0.2) is 9.55 Å². The fraction of sp³-hybridized carbons (Fsp3) is 0.500. The summed E-state index contributed by atoms with van der Waals surface area (Å²) < 4.78 is 1.72. The van der Waals surface area contributed by atoms with Crippen molar-refractivity contribution in [1.82, 2.24) is 9.55 Å². The summed E-state index contributed by atoms with van der Waals surface area (Å²) >= 11 is 0. The number of hydrogen-bond donors (Lipinski definition) is 0. The van der Waals surface area contributed by atoms with Crippen molar-refractivity contribution in [3.8, 4) is 0 Å². The Labute approximate surface area is 58.9 Å². The van der Waals surface area contributed by atoms with Gasteiger partial charge in [-0.3, -0.25) is 0 Å². The van der Waals surface area contributed by atoms with Crippen molar-refractivity contribution < 1.29 is 0 Å². The van der Waals surface area contributed by atoms with Crippen LogP contribution in [0, 0.1) is 4.91 Å². The van der Waals surface area contributed by atoms with Crippen molar-refractivity contribution in [3.05, 3.63) is 17.4 Å². The van der Waals surface area contributed by atoms with Crippen LogP contribution in [0.3, 0.4) is 0 Å². The van der Waals surface area contributed by atoms with Crippen LogP contribution < -0.4 is 0 Å². The summed E-state index contributed by atoms with van der Waals surface area (Å²) in [4.78, 5) is 13.9. The second-order valence-corrected chi connectivity index (χ2v) is 2.34. The van der Waals surface area contributed by atoms with Gasteiger partial charge in [0.1, 0.15) is 0 Å². The third-order valence-corrected chi connectivity index (χ3v) is 1.30. The van der Waals surface area contributed by atoms with Gasteiger partial charge in [0.15, 0.2) is 5.82 Å². The lowest BCUT2D eigenvalue weighted by Gasteiger charge is -2.05. The Morgan fingerprint density at radius 1 is 1.70 bits per heavy atom. The molecular weight excluding hydrogens is 130 g/mol. The van der Waals surface area contributed by atoms with Gasteiger partial charge in [0, 0.05) is 6.04 Å². The zero-order valence-electron chi connectivity index (χ0n) is 5.98. The first-order valence-corrected chi connectivity index (χ1v) is 3.11. The minimum Gasteiger partial charge on any atom is -0.310 e. The van der Waals surface area contributed by atoms with E-state index >= 15 is 0 Å². The van der Waals surface area contributed by atoms with E-state index in [1.54, 1.807) is 10.9 Å². The minimum atomic E-state index is 0.246. The second-order valence-electron chi connectivity index (χ2n) is 2.34. The van der Waals surface area contributed by atoms with E-state index in [0.29, 0.717) is 5.82 Å². The van der Waals surface area contributed by atoms with E-state index in [0.717, 1.165) is 0 Å². The number of hydrogen-bond acceptors (Lipinski definition) is 3. The molecule has 1 rings (SSSR count). The van der Waals surface area contributed by atoms with Crippen molar-refractivity contribution >= 4 is 5.82 Å². The molecule has 0 saturated heterocycles. The number of aromatic nitrogens is 2. The third kappa shape index (κ3) is 1.05. The van der Waals surface area contributed by atoms with Crippen LogP contribution in [0.15, 0.2) is 17.7 Å². The van der Waals surface area contributed by atoms with Crippen molar-refractivity contribution in [3.63, 3.8) is 0 Å². The maximum Gasteiger partial charge on any atom is 0.197 e. The maximum atomic E-state index is 10.1. The molecule has 0 unspecified atom stereocenters. The normalized spacial score (nSPS) is 10.3. The summed E-state index contributed by atoms with van der Waals surface area (Å²) in [5.74, 6) is 0.384. The molecule has 0 atom stereocenters. The molecule has 1 heterocycles. The lowest BCUT2D eigenvalue weighted by molar-refractivity contribution is 0.603. The molecule has 0 bridgehead atoms. The average Bonchev–Trinajstić information content (AvgIpc) is 2.33. The molecule has 0 spiro atoms. The molecule has 10 heavy (non-hydrogen) atoms. The summed E-state index contributed by atoms with van der Waals surface area (Å²) in [5, 5.41) is 2.80. The Morgan fingerprint density at radius 2 is 2.40 bits per heavy atom. The Balaban J connectivity index is 3.01. The van der Waals surface area contributed by atoms with Crippen molar-refractivity contribution in [1.29, 1.82) is 0 Å². The second kappa shape index (κ2) is 2.60. The molecule has 54 valence electrons. The first-order valence-electron chi connectivity index (χ1n) is 3.11. The van der Waals surface area contributed by atoms with Crippen LogP contribution in [0.2, 0.25) is 0 Å². The van der Waals surface area contributed by atoms with Crippen LogP contribution in [0.4, 0.5) is 5.82 Å². The molecule has 0 amide bonds. The van der Waals surface area contributed by atoms with Gasteiger partial charge in [-0.2, -0.15) is 0 Å². The topological polar surface area (TPSA) is 47.2 Å². The van der Waals surface area contributed by atoms with Gasteiger partial charge in [0.25, 0.3) is 0 Å². The Morgan fingerprint density at radius 3 is 2.80 bits per heavy atom. The molecule has 0 aliphatic rings. The van der Waals surface area contributed by atoms with Crippen molar-refractivity contribution in [2.24, 2.45) is 5.18 Å². The van der Waals surface area contributed by atoms with E-state index in [-0.39, 0.29) is 6.04 Å². The molecule has 0 aliphatic heterocycles. The SMILES string of the molecule is CC(C)n1cncc1N=O. The summed E-state index contributed by atoms with van der Waals surface area (Å²) in [6.45, 7) is 3.94. The first kappa shape index (κ1) is 6.92. The van der Waals surface area contributed by atoms with Gasteiger partial charge in [-0.1, -0.05) is 0 Å². The lowest BCUT2D eigenvalue weighted by Crippen LogP contribution is -1.96. The molecule has 0 radical (unpaired) electrons. The molecule has 0 N–H and O–H groups in total. The number of nitroso groups, excluding NO2 is 1. The van der Waals surface area contributed by atoms with Gasteiger partial charge in [-0.15, -0.1) is 4.91 Å². The highest BCUT2D eigenvalue weighted by atomic mass is 16.3. The predicted octanol–water partition coefficient (Wildman–Crippen LogP) is 1.86. The van der Waals surface area contributed by atoms with Gasteiger partial charge in [-0.25, -0.2) is 4.98 Å². The molecule has 4 nitrogen and oxygen atoms in total. The quantitative estimate of drug-likeness (QED) is 0.587. The smallest absolute Gasteiger partial charge is 0.197 e. The molecule has 0 fully saturated rings. The molecule has 0 saturated carbocycles. The maximum absolute atomic E-state index is 10.1. The Kier molecular flexibility index (Phi) is 1.80. The number of imidazole rings is 1. The molecule has 0 aliphatic carbocycles. The van der Waals surface area contributed by atoms with Gasteiger partial charge >= 0.3 is 0 Å². The highest BCUT2D eigenvalue weighted by Gasteiger charge is 2.03. The number of rotatable bonds is 2. The Bertz CT molecular complexity index is 229. The summed E-state index contributed by atoms with van der Waals surface area (Å²) in [5.41, 5.74) is 0. The summed E-state index contributed by atoms with van der Waals surface area (Å²) in [7, 11) is 0. The summed E-state index contributed by atoms with van der Waals surface area (Å²) in [6.07, 6.45) is 3.05. The third-order valence-electron chi connectivity index (χ3n) is 1.30. The standard InChI is InChI=1S/C6H9N3O/c1-5(2)9-4-7-3-6(9)8-10/h3-5H,1-2H3. The van der Waals surface area contributed by atoms with Crippen molar-refractivity contribution in [2.75, 3.05) is 0 Å². The first-order chi connectivity index (χ1) is 4.75. The van der Waals surface area contributed by atoms with Crippen LogP contribution in [0.1, 0.15) is 19.9 Å². The zero-order valence-corrected chi connectivity index (χ0v) is 5.98. The van der Waals surface area contributed by atoms with Crippen LogP contribution >= 0.6 is 0 Å². The highest BCUT2D eigenvalue weighted by molar-refractivity contribution is 5.23. The van der Waals surface area contributed by atoms with E-state index in [2.05, 4.69) is 10.2 Å². The minimum absolute atomic E-state index is 0.246. The highest BCUT2D eigenvalue weighted by Crippen LogP contribution is 2.15. The zero-order chi connectivity index (χ0) is 7.56. The Hall–Kier alpha value is -1.19. The van der Waals surface area contributed by atoms with E-state index in [1.807, 2.05) is 13.8 Å². The van der Waals surface area contributed by atoms with E-state index in [9.17, 15) is 4.91 Å². The monoisotopic (exact) mass is 139 g/mol. The fourth-order valence-electron chi connectivity index (χ4n) is 0.766. The van der Waals surface area contributed by atoms with Crippen LogP contribution in [-0.2, 0) is 0 Å². The van der Waals surface area contributed by atoms with Crippen LogP contribution in [0.5, 0.6) is 0 Å². The van der Waals surface area contributed by atoms with Gasteiger partial charge in [0.05, 0.1) is 12.5 Å². The van der Waals surface area contributed by atoms with Crippen molar-refractivity contribution in [2.45, 2.75) is 19.9 Å². The molecule has 1 aromatic rings. The molecule has 4 heteroatoms. The predicted molar refractivity (Wildman–Crippen MR) is 38.1 cm³/mol. The van der Waals surface area contributed by atoms with Gasteiger partial charge in [0.2, 0.25) is 0 Å². The molecule has 0 aromatic carbocycles. The molecule has 1 aromatic heterocycles. The lowest BCUT2D eigenvalue weighted by atomic mass is 10.4.